The number of hydrogen-bond donors (Lipinski definition) is 2. The highest BCUT2D eigenvalue weighted by Crippen LogP contribution is 2.24. The summed E-state index contributed by atoms with van der Waals surface area (Å²) in [4.78, 5) is 6.86. The zero-order chi connectivity index (χ0) is 13.8. The van der Waals surface area contributed by atoms with Gasteiger partial charge in [0.2, 0.25) is 0 Å². The molecule has 0 spiro atoms. The minimum Gasteiger partial charge on any atom is -0.508 e. The van der Waals surface area contributed by atoms with E-state index in [0.717, 1.165) is 29.7 Å². The molecule has 20 heavy (non-hydrogen) atoms. The van der Waals surface area contributed by atoms with Gasteiger partial charge in [-0.15, -0.1) is 0 Å². The first-order valence-electron chi connectivity index (χ1n) is 6.95. The average molecular weight is 289 g/mol. The highest BCUT2D eigenvalue weighted by atomic mass is 32.2. The van der Waals surface area contributed by atoms with Crippen molar-refractivity contribution in [3.63, 3.8) is 0 Å². The molecule has 0 atom stereocenters. The summed E-state index contributed by atoms with van der Waals surface area (Å²) in [5.74, 6) is 3.60. The molecule has 0 aliphatic carbocycles. The van der Waals surface area contributed by atoms with E-state index in [9.17, 15) is 5.11 Å². The summed E-state index contributed by atoms with van der Waals surface area (Å²) in [5.41, 5.74) is 0. The lowest BCUT2D eigenvalue weighted by Crippen LogP contribution is -2.36. The Balaban J connectivity index is 1.66. The highest BCUT2D eigenvalue weighted by Gasteiger charge is 2.10. The molecule has 2 heterocycles. The molecule has 1 aliphatic heterocycles. The van der Waals surface area contributed by atoms with Gasteiger partial charge in [-0.05, 0) is 23.6 Å². The summed E-state index contributed by atoms with van der Waals surface area (Å²) in [6.07, 6.45) is 1.80. The van der Waals surface area contributed by atoms with E-state index in [4.69, 9.17) is 0 Å². The van der Waals surface area contributed by atoms with E-state index >= 15 is 0 Å². The molecule has 0 unspecified atom stereocenters. The monoisotopic (exact) mass is 289 g/mol. The van der Waals surface area contributed by atoms with Crippen molar-refractivity contribution in [1.82, 2.24) is 9.88 Å². The maximum absolute atomic E-state index is 9.62. The Hall–Kier alpha value is -1.46. The first kappa shape index (κ1) is 13.5. The van der Waals surface area contributed by atoms with Gasteiger partial charge in [0.15, 0.2) is 0 Å². The SMILES string of the molecule is Oc1ccc2ccnc(NCCN3CCSCC3)c2c1. The van der Waals surface area contributed by atoms with Gasteiger partial charge in [0, 0.05) is 49.3 Å². The molecule has 0 saturated carbocycles. The molecular weight excluding hydrogens is 270 g/mol. The van der Waals surface area contributed by atoms with Crippen LogP contribution < -0.4 is 5.32 Å². The third kappa shape index (κ3) is 3.16. The standard InChI is InChI=1S/C15H19N3OS/c19-13-2-1-12-3-4-16-15(14(12)11-13)17-5-6-18-7-9-20-10-8-18/h1-4,11,19H,5-10H2,(H,16,17). The van der Waals surface area contributed by atoms with Crippen molar-refractivity contribution in [3.8, 4) is 5.75 Å². The molecule has 1 aromatic carbocycles. The quantitative estimate of drug-likeness (QED) is 0.905. The maximum atomic E-state index is 9.62. The third-order valence-corrected chi connectivity index (χ3v) is 4.52. The maximum Gasteiger partial charge on any atom is 0.133 e. The molecule has 3 rings (SSSR count). The van der Waals surface area contributed by atoms with E-state index < -0.39 is 0 Å². The molecule has 5 heteroatoms. The van der Waals surface area contributed by atoms with Gasteiger partial charge < -0.3 is 10.4 Å². The fraction of sp³-hybridized carbons (Fsp3) is 0.400. The molecule has 1 fully saturated rings. The lowest BCUT2D eigenvalue weighted by atomic mass is 10.1. The molecule has 0 bridgehead atoms. The number of nitrogens with one attached hydrogen (secondary N) is 1. The summed E-state index contributed by atoms with van der Waals surface area (Å²) < 4.78 is 0. The van der Waals surface area contributed by atoms with Crippen LogP contribution in [-0.2, 0) is 0 Å². The highest BCUT2D eigenvalue weighted by molar-refractivity contribution is 7.99. The van der Waals surface area contributed by atoms with Crippen molar-refractivity contribution in [2.24, 2.45) is 0 Å². The number of thioether (sulfide) groups is 1. The van der Waals surface area contributed by atoms with Crippen molar-refractivity contribution in [2.45, 2.75) is 0 Å². The van der Waals surface area contributed by atoms with Crippen LogP contribution in [0.15, 0.2) is 30.5 Å². The largest absolute Gasteiger partial charge is 0.508 e. The Bertz CT molecular complexity index is 584. The first-order valence-corrected chi connectivity index (χ1v) is 8.10. The number of rotatable bonds is 4. The molecule has 1 aliphatic rings. The Morgan fingerprint density at radius 1 is 1.25 bits per heavy atom. The van der Waals surface area contributed by atoms with E-state index in [1.165, 1.54) is 24.6 Å². The van der Waals surface area contributed by atoms with Gasteiger partial charge in [0.25, 0.3) is 0 Å². The summed E-state index contributed by atoms with van der Waals surface area (Å²) in [5, 5.41) is 15.1. The van der Waals surface area contributed by atoms with Gasteiger partial charge in [-0.25, -0.2) is 4.98 Å². The van der Waals surface area contributed by atoms with Crippen LogP contribution in [0.5, 0.6) is 5.75 Å². The van der Waals surface area contributed by atoms with E-state index in [1.54, 1.807) is 18.3 Å². The Morgan fingerprint density at radius 3 is 2.95 bits per heavy atom. The van der Waals surface area contributed by atoms with Crippen LogP contribution in [0.3, 0.4) is 0 Å². The summed E-state index contributed by atoms with van der Waals surface area (Å²) >= 11 is 2.03. The first-order chi connectivity index (χ1) is 9.83. The van der Waals surface area contributed by atoms with Gasteiger partial charge in [-0.1, -0.05) is 6.07 Å². The van der Waals surface area contributed by atoms with Crippen LogP contribution in [0, 0.1) is 0 Å². The molecule has 106 valence electrons. The van der Waals surface area contributed by atoms with Crippen molar-refractivity contribution in [3.05, 3.63) is 30.5 Å². The second-order valence-electron chi connectivity index (χ2n) is 4.95. The smallest absolute Gasteiger partial charge is 0.133 e. The molecule has 1 aromatic heterocycles. The summed E-state index contributed by atoms with van der Waals surface area (Å²) in [7, 11) is 0. The number of aromatic nitrogens is 1. The number of nitrogens with zero attached hydrogens (tertiary/aromatic N) is 2. The van der Waals surface area contributed by atoms with E-state index in [0.29, 0.717) is 0 Å². The lowest BCUT2D eigenvalue weighted by Gasteiger charge is -2.26. The summed E-state index contributed by atoms with van der Waals surface area (Å²) in [6, 6.07) is 7.35. The number of phenolic OH excluding ortho intramolecular Hbond substituents is 1. The lowest BCUT2D eigenvalue weighted by molar-refractivity contribution is 0.314. The van der Waals surface area contributed by atoms with Crippen LogP contribution in [0.25, 0.3) is 10.8 Å². The minimum atomic E-state index is 0.279. The van der Waals surface area contributed by atoms with Gasteiger partial charge in [0.05, 0.1) is 0 Å². The third-order valence-electron chi connectivity index (χ3n) is 3.57. The van der Waals surface area contributed by atoms with Gasteiger partial charge >= 0.3 is 0 Å². The Morgan fingerprint density at radius 2 is 2.10 bits per heavy atom. The average Bonchev–Trinajstić information content (AvgIpc) is 2.49. The number of hydrogen-bond acceptors (Lipinski definition) is 5. The van der Waals surface area contributed by atoms with Crippen molar-refractivity contribution in [1.29, 1.82) is 0 Å². The molecular formula is C15H19N3OS. The number of phenols is 1. The normalized spacial score (nSPS) is 16.4. The summed E-state index contributed by atoms with van der Waals surface area (Å²) in [6.45, 7) is 4.27. The van der Waals surface area contributed by atoms with Crippen LogP contribution in [0.1, 0.15) is 0 Å². The topological polar surface area (TPSA) is 48.4 Å². The fourth-order valence-corrected chi connectivity index (χ4v) is 3.43. The Labute approximate surface area is 123 Å². The molecule has 1 saturated heterocycles. The van der Waals surface area contributed by atoms with Crippen LogP contribution in [0.2, 0.25) is 0 Å². The second-order valence-corrected chi connectivity index (χ2v) is 6.17. The number of fused-ring (bicyclic) bond motifs is 1. The predicted octanol–water partition coefficient (Wildman–Crippen LogP) is 2.40. The number of pyridine rings is 1. The van der Waals surface area contributed by atoms with E-state index in [2.05, 4.69) is 15.2 Å². The van der Waals surface area contributed by atoms with E-state index in [-0.39, 0.29) is 5.75 Å². The molecule has 2 aromatic rings. The van der Waals surface area contributed by atoms with Gasteiger partial charge in [-0.2, -0.15) is 11.8 Å². The van der Waals surface area contributed by atoms with E-state index in [1.807, 2.05) is 23.9 Å². The zero-order valence-electron chi connectivity index (χ0n) is 11.4. The van der Waals surface area contributed by atoms with Crippen molar-refractivity contribution < 1.29 is 5.11 Å². The van der Waals surface area contributed by atoms with Crippen LogP contribution >= 0.6 is 11.8 Å². The number of anilines is 1. The van der Waals surface area contributed by atoms with Crippen molar-refractivity contribution in [2.75, 3.05) is 43.0 Å². The second kappa shape index (κ2) is 6.33. The Kier molecular flexibility index (Phi) is 4.28. The molecule has 0 amide bonds. The molecule has 4 nitrogen and oxygen atoms in total. The van der Waals surface area contributed by atoms with Crippen molar-refractivity contribution >= 4 is 28.4 Å². The zero-order valence-corrected chi connectivity index (χ0v) is 12.2. The number of benzene rings is 1. The fourth-order valence-electron chi connectivity index (χ4n) is 2.45. The van der Waals surface area contributed by atoms with Crippen LogP contribution in [-0.4, -0.2) is 52.7 Å². The van der Waals surface area contributed by atoms with Crippen LogP contribution in [0.4, 0.5) is 5.82 Å². The minimum absolute atomic E-state index is 0.279. The number of aromatic hydroxyl groups is 1. The van der Waals surface area contributed by atoms with Gasteiger partial charge in [-0.3, -0.25) is 4.90 Å². The predicted molar refractivity (Wildman–Crippen MR) is 85.7 cm³/mol. The molecule has 0 radical (unpaired) electrons. The van der Waals surface area contributed by atoms with Gasteiger partial charge in [0.1, 0.15) is 11.6 Å². The molecule has 2 N–H and O–H groups in total.